The fourth-order valence-electron chi connectivity index (χ4n) is 3.17. The topological polar surface area (TPSA) is 78.1 Å². The number of nitrogens with zero attached hydrogens (tertiary/aromatic N) is 1. The van der Waals surface area contributed by atoms with E-state index in [0.29, 0.717) is 37.7 Å². The van der Waals surface area contributed by atoms with E-state index in [0.717, 1.165) is 36.4 Å². The van der Waals surface area contributed by atoms with E-state index in [1.807, 2.05) is 18.2 Å². The Morgan fingerprint density at radius 3 is 2.91 bits per heavy atom. The first-order valence-corrected chi connectivity index (χ1v) is 8.25. The van der Waals surface area contributed by atoms with Gasteiger partial charge in [0.1, 0.15) is 0 Å². The van der Waals surface area contributed by atoms with Crippen molar-refractivity contribution in [3.8, 4) is 11.5 Å². The lowest BCUT2D eigenvalue weighted by molar-refractivity contribution is 0.0743. The number of hydrogen-bond donors (Lipinski definition) is 2. The van der Waals surface area contributed by atoms with E-state index in [-0.39, 0.29) is 0 Å². The third kappa shape index (κ3) is 4.07. The summed E-state index contributed by atoms with van der Waals surface area (Å²) >= 11 is 0. The van der Waals surface area contributed by atoms with Gasteiger partial charge in [-0.3, -0.25) is 4.99 Å². The minimum Gasteiger partial charge on any atom is -0.490 e. The maximum Gasteiger partial charge on any atom is 0.193 e. The van der Waals surface area contributed by atoms with Gasteiger partial charge in [-0.1, -0.05) is 6.42 Å². The standard InChI is InChI=1S/C17H25N3O3/c1-21-14-5-2-4-12(14)11-19-17(18)20-13-6-7-15-16(10-13)23-9-3-8-22-15/h6-7,10,12,14H,2-5,8-9,11H2,1H3,(H3,18,19,20). The molecular weight excluding hydrogens is 294 g/mol. The van der Waals surface area contributed by atoms with Gasteiger partial charge in [-0.2, -0.15) is 0 Å². The quantitative estimate of drug-likeness (QED) is 0.658. The Kier molecular flexibility index (Phi) is 5.23. The summed E-state index contributed by atoms with van der Waals surface area (Å²) in [5, 5.41) is 3.12. The van der Waals surface area contributed by atoms with Crippen molar-refractivity contribution in [2.45, 2.75) is 31.8 Å². The Morgan fingerprint density at radius 1 is 1.26 bits per heavy atom. The molecular formula is C17H25N3O3. The van der Waals surface area contributed by atoms with E-state index in [1.54, 1.807) is 7.11 Å². The van der Waals surface area contributed by atoms with Crippen LogP contribution >= 0.6 is 0 Å². The van der Waals surface area contributed by atoms with Crippen LogP contribution in [0.4, 0.5) is 5.69 Å². The molecule has 6 nitrogen and oxygen atoms in total. The van der Waals surface area contributed by atoms with Crippen LogP contribution < -0.4 is 20.5 Å². The van der Waals surface area contributed by atoms with Gasteiger partial charge in [-0.05, 0) is 25.0 Å². The molecule has 23 heavy (non-hydrogen) atoms. The van der Waals surface area contributed by atoms with Crippen molar-refractivity contribution in [3.05, 3.63) is 18.2 Å². The highest BCUT2D eigenvalue weighted by Gasteiger charge is 2.26. The summed E-state index contributed by atoms with van der Waals surface area (Å²) < 4.78 is 16.8. The van der Waals surface area contributed by atoms with Crippen LogP contribution in [0.1, 0.15) is 25.7 Å². The summed E-state index contributed by atoms with van der Waals surface area (Å²) in [6.07, 6.45) is 4.67. The lowest BCUT2D eigenvalue weighted by Crippen LogP contribution is -2.26. The largest absolute Gasteiger partial charge is 0.490 e. The minimum absolute atomic E-state index is 0.310. The lowest BCUT2D eigenvalue weighted by Gasteiger charge is -2.16. The van der Waals surface area contributed by atoms with E-state index in [2.05, 4.69) is 10.3 Å². The lowest BCUT2D eigenvalue weighted by atomic mass is 10.1. The van der Waals surface area contributed by atoms with Crippen molar-refractivity contribution < 1.29 is 14.2 Å². The molecule has 1 saturated carbocycles. The fraction of sp³-hybridized carbons (Fsp3) is 0.588. The van der Waals surface area contributed by atoms with Crippen LogP contribution in [-0.4, -0.2) is 38.9 Å². The number of aliphatic imine (C=N–C) groups is 1. The number of rotatable bonds is 4. The summed E-state index contributed by atoms with van der Waals surface area (Å²) in [4.78, 5) is 4.46. The molecule has 0 spiro atoms. The summed E-state index contributed by atoms with van der Waals surface area (Å²) in [7, 11) is 1.77. The zero-order chi connectivity index (χ0) is 16.1. The van der Waals surface area contributed by atoms with Crippen molar-refractivity contribution in [2.24, 2.45) is 16.6 Å². The molecule has 126 valence electrons. The molecule has 1 fully saturated rings. The Morgan fingerprint density at radius 2 is 2.09 bits per heavy atom. The van der Waals surface area contributed by atoms with Gasteiger partial charge in [0.05, 0.1) is 19.3 Å². The van der Waals surface area contributed by atoms with Crippen LogP contribution in [0, 0.1) is 5.92 Å². The first-order chi connectivity index (χ1) is 11.3. The summed E-state index contributed by atoms with van der Waals surface area (Å²) in [5.74, 6) is 2.40. The van der Waals surface area contributed by atoms with Gasteiger partial charge in [0.2, 0.25) is 0 Å². The van der Waals surface area contributed by atoms with E-state index in [4.69, 9.17) is 19.9 Å². The molecule has 1 aromatic carbocycles. The monoisotopic (exact) mass is 319 g/mol. The summed E-state index contributed by atoms with van der Waals surface area (Å²) in [6.45, 7) is 2.05. The number of ether oxygens (including phenoxy) is 3. The van der Waals surface area contributed by atoms with Crippen LogP contribution in [0.15, 0.2) is 23.2 Å². The molecule has 1 aliphatic carbocycles. The molecule has 0 radical (unpaired) electrons. The molecule has 3 N–H and O–H groups in total. The zero-order valence-electron chi connectivity index (χ0n) is 13.6. The fourth-order valence-corrected chi connectivity index (χ4v) is 3.17. The van der Waals surface area contributed by atoms with Crippen molar-refractivity contribution in [2.75, 3.05) is 32.2 Å². The molecule has 3 rings (SSSR count). The van der Waals surface area contributed by atoms with E-state index in [9.17, 15) is 0 Å². The Hall–Kier alpha value is -1.95. The molecule has 1 heterocycles. The summed E-state index contributed by atoms with van der Waals surface area (Å²) in [5.41, 5.74) is 6.86. The number of hydrogen-bond acceptors (Lipinski definition) is 4. The number of methoxy groups -OCH3 is 1. The van der Waals surface area contributed by atoms with E-state index >= 15 is 0 Å². The normalized spacial score (nSPS) is 24.3. The Balaban J connectivity index is 1.60. The highest BCUT2D eigenvalue weighted by atomic mass is 16.5. The first-order valence-electron chi connectivity index (χ1n) is 8.25. The van der Waals surface area contributed by atoms with Crippen molar-refractivity contribution in [3.63, 3.8) is 0 Å². The molecule has 2 aliphatic rings. The third-order valence-corrected chi connectivity index (χ3v) is 4.41. The zero-order valence-corrected chi connectivity index (χ0v) is 13.6. The second-order valence-electron chi connectivity index (χ2n) is 6.03. The SMILES string of the molecule is COC1CCCC1CN=C(N)Nc1ccc2c(c1)OCCCO2. The van der Waals surface area contributed by atoms with Crippen LogP contribution in [0.5, 0.6) is 11.5 Å². The number of fused-ring (bicyclic) bond motifs is 1. The minimum atomic E-state index is 0.310. The molecule has 2 atom stereocenters. The smallest absolute Gasteiger partial charge is 0.193 e. The van der Waals surface area contributed by atoms with Gasteiger partial charge >= 0.3 is 0 Å². The second kappa shape index (κ2) is 7.55. The first kappa shape index (κ1) is 15.9. The van der Waals surface area contributed by atoms with Gasteiger partial charge in [0.15, 0.2) is 17.5 Å². The molecule has 1 aliphatic heterocycles. The van der Waals surface area contributed by atoms with Gasteiger partial charge in [0, 0.05) is 37.7 Å². The average Bonchev–Trinajstić information content (AvgIpc) is 2.89. The third-order valence-electron chi connectivity index (χ3n) is 4.41. The second-order valence-corrected chi connectivity index (χ2v) is 6.03. The number of anilines is 1. The van der Waals surface area contributed by atoms with Gasteiger partial charge < -0.3 is 25.3 Å². The predicted octanol–water partition coefficient (Wildman–Crippen LogP) is 2.39. The van der Waals surface area contributed by atoms with Crippen molar-refractivity contribution >= 4 is 11.6 Å². The molecule has 1 aromatic rings. The van der Waals surface area contributed by atoms with E-state index in [1.165, 1.54) is 6.42 Å². The maximum absolute atomic E-state index is 6.00. The molecule has 2 unspecified atom stereocenters. The summed E-state index contributed by atoms with van der Waals surface area (Å²) in [6, 6.07) is 5.72. The van der Waals surface area contributed by atoms with Crippen LogP contribution in [0.3, 0.4) is 0 Å². The average molecular weight is 319 g/mol. The molecule has 0 saturated heterocycles. The predicted molar refractivity (Wildman–Crippen MR) is 90.3 cm³/mol. The number of guanidine groups is 1. The van der Waals surface area contributed by atoms with Gasteiger partial charge in [0.25, 0.3) is 0 Å². The van der Waals surface area contributed by atoms with E-state index < -0.39 is 0 Å². The number of benzene rings is 1. The maximum atomic E-state index is 6.00. The van der Waals surface area contributed by atoms with Crippen molar-refractivity contribution in [1.29, 1.82) is 0 Å². The molecule has 0 bridgehead atoms. The Bertz CT molecular complexity index is 562. The van der Waals surface area contributed by atoms with Crippen LogP contribution in [0.2, 0.25) is 0 Å². The van der Waals surface area contributed by atoms with Crippen LogP contribution in [-0.2, 0) is 4.74 Å². The van der Waals surface area contributed by atoms with Crippen LogP contribution in [0.25, 0.3) is 0 Å². The molecule has 0 amide bonds. The number of nitrogens with two attached hydrogens (primary N) is 1. The van der Waals surface area contributed by atoms with Gasteiger partial charge in [-0.15, -0.1) is 0 Å². The highest BCUT2D eigenvalue weighted by molar-refractivity contribution is 5.92. The number of nitrogens with one attached hydrogen (secondary N) is 1. The van der Waals surface area contributed by atoms with Gasteiger partial charge in [-0.25, -0.2) is 0 Å². The molecule has 0 aromatic heterocycles. The highest BCUT2D eigenvalue weighted by Crippen LogP contribution is 2.32. The van der Waals surface area contributed by atoms with Crippen molar-refractivity contribution in [1.82, 2.24) is 0 Å². The Labute approximate surface area is 137 Å². The molecule has 6 heteroatoms.